The maximum atomic E-state index is 10.8. The molecule has 0 amide bonds. The van der Waals surface area contributed by atoms with Crippen molar-refractivity contribution < 1.29 is 9.90 Å². The number of aliphatic carboxylic acids is 1. The van der Waals surface area contributed by atoms with Crippen molar-refractivity contribution in [1.82, 2.24) is 14.4 Å². The van der Waals surface area contributed by atoms with Gasteiger partial charge in [-0.1, -0.05) is 54.6 Å². The van der Waals surface area contributed by atoms with Crippen molar-refractivity contribution >= 4 is 17.4 Å². The molecule has 6 nitrogen and oxygen atoms in total. The fourth-order valence-corrected chi connectivity index (χ4v) is 3.49. The summed E-state index contributed by atoms with van der Waals surface area (Å²) in [6, 6.07) is 18.4. The van der Waals surface area contributed by atoms with Crippen LogP contribution in [0.25, 0.3) is 16.9 Å². The van der Waals surface area contributed by atoms with Crippen molar-refractivity contribution in [3.05, 3.63) is 84.3 Å². The number of rotatable bonds is 9. The van der Waals surface area contributed by atoms with Crippen molar-refractivity contribution in [1.29, 1.82) is 0 Å². The summed E-state index contributed by atoms with van der Waals surface area (Å²) in [5.74, 6) is -0.00912. The van der Waals surface area contributed by atoms with E-state index in [9.17, 15) is 4.79 Å². The Kier molecular flexibility index (Phi) is 6.03. The summed E-state index contributed by atoms with van der Waals surface area (Å²) in [5, 5.41) is 12.2. The van der Waals surface area contributed by atoms with E-state index >= 15 is 0 Å². The maximum Gasteiger partial charge on any atom is 0.303 e. The molecule has 0 spiro atoms. The van der Waals surface area contributed by atoms with E-state index in [1.807, 2.05) is 47.1 Å². The van der Waals surface area contributed by atoms with Gasteiger partial charge in [-0.3, -0.25) is 9.20 Å². The van der Waals surface area contributed by atoms with Crippen LogP contribution in [0.2, 0.25) is 0 Å². The van der Waals surface area contributed by atoms with Crippen molar-refractivity contribution in [3.8, 4) is 11.3 Å². The smallest absolute Gasteiger partial charge is 0.303 e. The van der Waals surface area contributed by atoms with E-state index in [0.29, 0.717) is 6.42 Å². The lowest BCUT2D eigenvalue weighted by molar-refractivity contribution is -0.136. The molecule has 2 heterocycles. The van der Waals surface area contributed by atoms with Crippen molar-refractivity contribution in [2.45, 2.75) is 25.7 Å². The molecule has 6 heteroatoms. The third-order valence-electron chi connectivity index (χ3n) is 5.08. The highest BCUT2D eigenvalue weighted by atomic mass is 16.4. The van der Waals surface area contributed by atoms with Gasteiger partial charge < -0.3 is 10.4 Å². The Balaban J connectivity index is 1.45. The SMILES string of the molecule is O=C(O)CCc1ccc(-c2cnc(NCCCc3ccccc3)c3nccn23)cc1. The Morgan fingerprint density at radius 3 is 2.50 bits per heavy atom. The molecule has 0 aliphatic carbocycles. The second kappa shape index (κ2) is 9.22. The fraction of sp³-hybridized carbons (Fsp3) is 0.208. The van der Waals surface area contributed by atoms with Crippen LogP contribution in [0.5, 0.6) is 0 Å². The summed E-state index contributed by atoms with van der Waals surface area (Å²) >= 11 is 0. The first kappa shape index (κ1) is 19.6. The minimum absolute atomic E-state index is 0.136. The molecular weight excluding hydrogens is 376 g/mol. The summed E-state index contributed by atoms with van der Waals surface area (Å²) < 4.78 is 2.03. The van der Waals surface area contributed by atoms with Gasteiger partial charge in [0.2, 0.25) is 0 Å². The van der Waals surface area contributed by atoms with E-state index in [1.165, 1.54) is 5.56 Å². The second-order valence-corrected chi connectivity index (χ2v) is 7.22. The van der Waals surface area contributed by atoms with Crippen LogP contribution < -0.4 is 5.32 Å². The fourth-order valence-electron chi connectivity index (χ4n) is 3.49. The highest BCUT2D eigenvalue weighted by Gasteiger charge is 2.10. The lowest BCUT2D eigenvalue weighted by Crippen LogP contribution is -2.07. The molecule has 2 aromatic carbocycles. The van der Waals surface area contributed by atoms with Gasteiger partial charge in [0.15, 0.2) is 11.5 Å². The first-order chi connectivity index (χ1) is 14.7. The zero-order valence-electron chi connectivity index (χ0n) is 16.7. The highest BCUT2D eigenvalue weighted by molar-refractivity contribution is 5.70. The van der Waals surface area contributed by atoms with Crippen molar-refractivity contribution in [2.24, 2.45) is 0 Å². The first-order valence-electron chi connectivity index (χ1n) is 10.1. The summed E-state index contributed by atoms with van der Waals surface area (Å²) in [6.07, 6.45) is 8.25. The van der Waals surface area contributed by atoms with Crippen LogP contribution in [0, 0.1) is 0 Å². The molecule has 0 atom stereocenters. The summed E-state index contributed by atoms with van der Waals surface area (Å²) in [6.45, 7) is 0.821. The minimum atomic E-state index is -0.782. The standard InChI is InChI=1S/C24H24N4O2/c29-22(30)13-10-19-8-11-20(12-9-19)21-17-27-23(24-26-15-16-28(21)24)25-14-4-7-18-5-2-1-3-6-18/h1-3,5-6,8-9,11-12,15-17H,4,7,10,13-14H2,(H,25,27)(H,29,30). The van der Waals surface area contributed by atoms with Crippen LogP contribution in [-0.4, -0.2) is 32.0 Å². The van der Waals surface area contributed by atoms with E-state index in [1.54, 1.807) is 6.20 Å². The van der Waals surface area contributed by atoms with E-state index in [-0.39, 0.29) is 6.42 Å². The van der Waals surface area contributed by atoms with Crippen LogP contribution in [0.1, 0.15) is 24.0 Å². The number of nitrogens with one attached hydrogen (secondary N) is 1. The molecule has 30 heavy (non-hydrogen) atoms. The predicted octanol–water partition coefficient (Wildman–Crippen LogP) is 4.46. The molecule has 0 unspecified atom stereocenters. The number of aromatic nitrogens is 3. The predicted molar refractivity (Wildman–Crippen MR) is 118 cm³/mol. The van der Waals surface area contributed by atoms with Crippen LogP contribution in [0.4, 0.5) is 5.82 Å². The Labute approximate surface area is 175 Å². The topological polar surface area (TPSA) is 79.5 Å². The number of carboxylic acids is 1. The number of anilines is 1. The van der Waals surface area contributed by atoms with Crippen molar-refractivity contribution in [2.75, 3.05) is 11.9 Å². The molecule has 0 bridgehead atoms. The third-order valence-corrected chi connectivity index (χ3v) is 5.08. The van der Waals surface area contributed by atoms with Crippen LogP contribution >= 0.6 is 0 Å². The molecule has 0 saturated carbocycles. The monoisotopic (exact) mass is 400 g/mol. The molecule has 2 N–H and O–H groups in total. The molecule has 0 radical (unpaired) electrons. The number of hydrogen-bond donors (Lipinski definition) is 2. The number of aryl methyl sites for hydroxylation is 2. The highest BCUT2D eigenvalue weighted by Crippen LogP contribution is 2.24. The van der Waals surface area contributed by atoms with Crippen LogP contribution in [0.3, 0.4) is 0 Å². The van der Waals surface area contributed by atoms with E-state index in [0.717, 1.165) is 47.7 Å². The van der Waals surface area contributed by atoms with Gasteiger partial charge in [-0.15, -0.1) is 0 Å². The largest absolute Gasteiger partial charge is 0.481 e. The van der Waals surface area contributed by atoms with Gasteiger partial charge in [-0.2, -0.15) is 0 Å². The molecule has 152 valence electrons. The number of fused-ring (bicyclic) bond motifs is 1. The molecule has 2 aromatic heterocycles. The number of imidazole rings is 1. The molecule has 0 aliphatic rings. The number of carbonyl (C=O) groups is 1. The number of nitrogens with zero attached hydrogens (tertiary/aromatic N) is 3. The van der Waals surface area contributed by atoms with Crippen LogP contribution in [-0.2, 0) is 17.6 Å². The maximum absolute atomic E-state index is 10.8. The Morgan fingerprint density at radius 2 is 1.73 bits per heavy atom. The number of carboxylic acid groups (broad SMARTS) is 1. The zero-order chi connectivity index (χ0) is 20.8. The third kappa shape index (κ3) is 4.66. The first-order valence-corrected chi connectivity index (χ1v) is 10.1. The zero-order valence-corrected chi connectivity index (χ0v) is 16.7. The van der Waals surface area contributed by atoms with Gasteiger partial charge in [0.1, 0.15) is 0 Å². The lowest BCUT2D eigenvalue weighted by Gasteiger charge is -2.11. The Hall–Kier alpha value is -3.67. The molecule has 0 saturated heterocycles. The summed E-state index contributed by atoms with van der Waals surface area (Å²) in [4.78, 5) is 19.8. The van der Waals surface area contributed by atoms with E-state index < -0.39 is 5.97 Å². The molecular formula is C24H24N4O2. The van der Waals surface area contributed by atoms with E-state index in [2.05, 4.69) is 39.6 Å². The van der Waals surface area contributed by atoms with Crippen LogP contribution in [0.15, 0.2) is 73.2 Å². The van der Waals surface area contributed by atoms with Gasteiger partial charge in [0, 0.05) is 30.9 Å². The van der Waals surface area contributed by atoms with Crippen molar-refractivity contribution in [3.63, 3.8) is 0 Å². The van der Waals surface area contributed by atoms with Gasteiger partial charge in [-0.25, -0.2) is 9.97 Å². The van der Waals surface area contributed by atoms with Gasteiger partial charge in [0.25, 0.3) is 0 Å². The number of benzene rings is 2. The Morgan fingerprint density at radius 1 is 0.967 bits per heavy atom. The lowest BCUT2D eigenvalue weighted by atomic mass is 10.1. The molecule has 0 fully saturated rings. The average Bonchev–Trinajstić information content (AvgIpc) is 3.27. The molecule has 4 rings (SSSR count). The average molecular weight is 400 g/mol. The molecule has 0 aliphatic heterocycles. The number of hydrogen-bond acceptors (Lipinski definition) is 4. The minimum Gasteiger partial charge on any atom is -0.481 e. The van der Waals surface area contributed by atoms with Gasteiger partial charge in [-0.05, 0) is 30.4 Å². The summed E-state index contributed by atoms with van der Waals surface area (Å²) in [7, 11) is 0. The normalized spacial score (nSPS) is 10.9. The quantitative estimate of drug-likeness (QED) is 0.406. The van der Waals surface area contributed by atoms with E-state index in [4.69, 9.17) is 5.11 Å². The van der Waals surface area contributed by atoms with Gasteiger partial charge in [0.05, 0.1) is 11.9 Å². The Bertz CT molecular complexity index is 1120. The summed E-state index contributed by atoms with van der Waals surface area (Å²) in [5.41, 5.74) is 5.09. The second-order valence-electron chi connectivity index (χ2n) is 7.22. The molecule has 4 aromatic rings. The van der Waals surface area contributed by atoms with Gasteiger partial charge >= 0.3 is 5.97 Å².